The van der Waals surface area contributed by atoms with Crippen LogP contribution in [0.4, 0.5) is 0 Å². The van der Waals surface area contributed by atoms with E-state index in [1.54, 1.807) is 77.9 Å². The Morgan fingerprint density at radius 3 is 1.78 bits per heavy atom. The van der Waals surface area contributed by atoms with E-state index >= 15 is 0 Å². The van der Waals surface area contributed by atoms with Gasteiger partial charge in [0.2, 0.25) is 29.5 Å². The molecule has 63 heavy (non-hydrogen) atoms. The second kappa shape index (κ2) is 21.1. The number of rotatable bonds is 16. The molecule has 7 atom stereocenters. The topological polar surface area (TPSA) is 251 Å². The zero-order valence-corrected chi connectivity index (χ0v) is 38.2. The average Bonchev–Trinajstić information content (AvgIpc) is 3.88. The zero-order valence-electron chi connectivity index (χ0n) is 38.2. The van der Waals surface area contributed by atoms with Gasteiger partial charge in [0.1, 0.15) is 18.1 Å². The molecular weight excluding hydrogens is 811 g/mol. The van der Waals surface area contributed by atoms with E-state index in [9.17, 15) is 43.8 Å². The standard InChI is InChI=1S/C45H67N9O9/c1-25(46-9)37(57)51-35(44(3,4)5)42(62)53-19-17-30(23-53)49-39(59)28-12-11-13-29(21-28)40(60)50-31-22-32(41(61)48-18-16-27-14-15-33(55)34(56)20-27)54(24-31)43(63)36(45(6,7)8)52-38(58)26(2)47-10/h11-15,20-21,25-26,30-32,35-36,46-47,55-56H,16-19,22-24H2,1-10H3,(H,48,61)(H,49,59)(H,50,60)(H,51,57)(H,52,58)/t25-,26?,30-,31?,32?,35?,36+/m0/s1. The fourth-order valence-electron chi connectivity index (χ4n) is 7.46. The Kier molecular flexibility index (Phi) is 16.7. The number of likely N-dealkylation sites (tertiary alicyclic amines) is 2. The van der Waals surface area contributed by atoms with Crippen LogP contribution in [0.5, 0.6) is 11.5 Å². The highest BCUT2D eigenvalue weighted by molar-refractivity contribution is 6.00. The van der Waals surface area contributed by atoms with E-state index in [0.717, 1.165) is 0 Å². The third kappa shape index (κ3) is 13.1. The molecule has 4 rings (SSSR count). The minimum atomic E-state index is -1.02. The van der Waals surface area contributed by atoms with E-state index in [0.29, 0.717) is 24.9 Å². The molecule has 2 aliphatic rings. The van der Waals surface area contributed by atoms with E-state index in [4.69, 9.17) is 0 Å². The quantitative estimate of drug-likeness (QED) is 0.107. The number of amides is 7. The van der Waals surface area contributed by atoms with Gasteiger partial charge < -0.3 is 57.2 Å². The maximum absolute atomic E-state index is 14.4. The van der Waals surface area contributed by atoms with Crippen LogP contribution >= 0.6 is 0 Å². The fourth-order valence-corrected chi connectivity index (χ4v) is 7.46. The Morgan fingerprint density at radius 2 is 1.25 bits per heavy atom. The lowest BCUT2D eigenvalue weighted by molar-refractivity contribution is -0.144. The molecule has 2 aliphatic heterocycles. The molecule has 4 unspecified atom stereocenters. The third-order valence-corrected chi connectivity index (χ3v) is 11.6. The van der Waals surface area contributed by atoms with E-state index in [1.165, 1.54) is 23.1 Å². The Morgan fingerprint density at radius 1 is 0.714 bits per heavy atom. The van der Waals surface area contributed by atoms with Crippen molar-refractivity contribution in [3.8, 4) is 11.5 Å². The number of aromatic hydroxyl groups is 2. The second-order valence-electron chi connectivity index (χ2n) is 18.7. The van der Waals surface area contributed by atoms with Crippen molar-refractivity contribution in [2.45, 2.75) is 117 Å². The summed E-state index contributed by atoms with van der Waals surface area (Å²) < 4.78 is 0. The van der Waals surface area contributed by atoms with Gasteiger partial charge in [-0.15, -0.1) is 0 Å². The summed E-state index contributed by atoms with van der Waals surface area (Å²) in [5.41, 5.74) is -0.271. The summed E-state index contributed by atoms with van der Waals surface area (Å²) in [5.74, 6) is -3.42. The van der Waals surface area contributed by atoms with Crippen LogP contribution in [0.2, 0.25) is 0 Å². The Bertz CT molecular complexity index is 2010. The number of likely N-dealkylation sites (N-methyl/N-ethyl adjacent to an activating group) is 2. The summed E-state index contributed by atoms with van der Waals surface area (Å²) in [6, 6.07) is 5.58. The van der Waals surface area contributed by atoms with Gasteiger partial charge in [0.05, 0.1) is 12.1 Å². The summed E-state index contributed by atoms with van der Waals surface area (Å²) in [7, 11) is 3.29. The van der Waals surface area contributed by atoms with Gasteiger partial charge in [0.15, 0.2) is 11.5 Å². The van der Waals surface area contributed by atoms with Crippen LogP contribution in [-0.2, 0) is 30.4 Å². The predicted molar refractivity (Wildman–Crippen MR) is 237 cm³/mol. The minimum Gasteiger partial charge on any atom is -0.504 e. The number of phenolic OH excluding ortho intramolecular Hbond substituents is 2. The van der Waals surface area contributed by atoms with Gasteiger partial charge >= 0.3 is 0 Å². The van der Waals surface area contributed by atoms with Gasteiger partial charge in [0, 0.05) is 49.4 Å². The molecule has 2 aromatic rings. The highest BCUT2D eigenvalue weighted by atomic mass is 16.3. The number of phenols is 2. The normalized spacial score (nSPS) is 19.6. The van der Waals surface area contributed by atoms with Gasteiger partial charge in [-0.3, -0.25) is 33.6 Å². The summed E-state index contributed by atoms with van der Waals surface area (Å²) in [6.07, 6.45) is 0.875. The number of nitrogens with one attached hydrogen (secondary N) is 7. The van der Waals surface area contributed by atoms with Crippen molar-refractivity contribution in [1.82, 2.24) is 47.0 Å². The number of hydrogen-bond donors (Lipinski definition) is 9. The predicted octanol–water partition coefficient (Wildman–Crippen LogP) is 0.764. The highest BCUT2D eigenvalue weighted by Crippen LogP contribution is 2.28. The van der Waals surface area contributed by atoms with Crippen LogP contribution in [0.25, 0.3) is 0 Å². The molecular formula is C45H67N9O9. The molecule has 9 N–H and O–H groups in total. The molecule has 346 valence electrons. The molecule has 18 nitrogen and oxygen atoms in total. The van der Waals surface area contributed by atoms with Crippen molar-refractivity contribution in [1.29, 1.82) is 0 Å². The number of carbonyl (C=O) groups excluding carboxylic acids is 7. The first-order chi connectivity index (χ1) is 29.4. The van der Waals surface area contributed by atoms with Gasteiger partial charge in [-0.25, -0.2) is 0 Å². The first-order valence-corrected chi connectivity index (χ1v) is 21.5. The maximum atomic E-state index is 14.4. The number of benzene rings is 2. The fraction of sp³-hybridized carbons (Fsp3) is 0.578. The van der Waals surface area contributed by atoms with Crippen molar-refractivity contribution in [2.24, 2.45) is 10.8 Å². The largest absolute Gasteiger partial charge is 0.504 e. The number of nitrogens with zero attached hydrogens (tertiary/aromatic N) is 2. The van der Waals surface area contributed by atoms with Crippen LogP contribution in [0.3, 0.4) is 0 Å². The van der Waals surface area contributed by atoms with Gasteiger partial charge in [-0.2, -0.15) is 0 Å². The van der Waals surface area contributed by atoms with Crippen molar-refractivity contribution >= 4 is 41.4 Å². The Balaban J connectivity index is 1.46. The van der Waals surface area contributed by atoms with Crippen molar-refractivity contribution in [3.05, 3.63) is 59.2 Å². The van der Waals surface area contributed by atoms with Crippen LogP contribution in [0, 0.1) is 10.8 Å². The first-order valence-electron chi connectivity index (χ1n) is 21.5. The lowest BCUT2D eigenvalue weighted by atomic mass is 9.85. The molecule has 2 aromatic carbocycles. The van der Waals surface area contributed by atoms with Gasteiger partial charge in [-0.1, -0.05) is 53.7 Å². The Hall–Kier alpha value is -5.75. The molecule has 0 bridgehead atoms. The maximum Gasteiger partial charge on any atom is 0.251 e. The summed E-state index contributed by atoms with van der Waals surface area (Å²) in [5, 5.41) is 39.8. The van der Waals surface area contributed by atoms with E-state index in [2.05, 4.69) is 37.2 Å². The van der Waals surface area contributed by atoms with Crippen LogP contribution < -0.4 is 37.2 Å². The number of carbonyl (C=O) groups is 7. The van der Waals surface area contributed by atoms with Crippen LogP contribution in [-0.4, -0.2) is 144 Å². The molecule has 2 fully saturated rings. The molecule has 7 amide bonds. The molecule has 0 saturated carbocycles. The minimum absolute atomic E-state index is 0.0378. The Labute approximate surface area is 370 Å². The zero-order chi connectivity index (χ0) is 47.0. The van der Waals surface area contributed by atoms with Crippen LogP contribution in [0.15, 0.2) is 42.5 Å². The monoisotopic (exact) mass is 878 g/mol. The molecule has 18 heteroatoms. The first kappa shape index (κ1) is 49.9. The lowest BCUT2D eigenvalue weighted by Crippen LogP contribution is -2.59. The molecule has 0 aliphatic carbocycles. The van der Waals surface area contributed by atoms with E-state index in [-0.39, 0.29) is 66.5 Å². The number of hydrogen-bond acceptors (Lipinski definition) is 11. The summed E-state index contributed by atoms with van der Waals surface area (Å²) >= 11 is 0. The third-order valence-electron chi connectivity index (χ3n) is 11.6. The molecule has 0 spiro atoms. The molecule has 0 aromatic heterocycles. The molecule has 2 heterocycles. The van der Waals surface area contributed by atoms with Crippen LogP contribution in [0.1, 0.15) is 94.5 Å². The van der Waals surface area contributed by atoms with Crippen molar-refractivity contribution < 1.29 is 43.8 Å². The van der Waals surface area contributed by atoms with E-state index < -0.39 is 76.6 Å². The highest BCUT2D eigenvalue weighted by Gasteiger charge is 2.46. The van der Waals surface area contributed by atoms with Gasteiger partial charge in [-0.05, 0) is 93.9 Å². The summed E-state index contributed by atoms with van der Waals surface area (Å²) in [6.45, 7) is 15.2. The van der Waals surface area contributed by atoms with E-state index in [1.807, 2.05) is 20.8 Å². The van der Waals surface area contributed by atoms with Gasteiger partial charge in [0.25, 0.3) is 11.8 Å². The van der Waals surface area contributed by atoms with Crippen molar-refractivity contribution in [3.63, 3.8) is 0 Å². The molecule has 0 radical (unpaired) electrons. The van der Waals surface area contributed by atoms with Crippen molar-refractivity contribution in [2.75, 3.05) is 40.3 Å². The smallest absolute Gasteiger partial charge is 0.251 e. The SMILES string of the molecule is CNC(C)C(=O)N[C@H](C(=O)N1CC(NC(=O)c2cccc(C(=O)N[C@H]3CCN(C(=O)C(NC(=O)[C@H](C)NC)C(C)(C)C)C3)c2)CC1C(=O)NCCc1ccc(O)c(O)c1)C(C)(C)C. The molecule has 2 saturated heterocycles. The summed E-state index contributed by atoms with van der Waals surface area (Å²) in [4.78, 5) is 97.8. The lowest BCUT2D eigenvalue weighted by Gasteiger charge is -2.36. The average molecular weight is 878 g/mol. The second-order valence-corrected chi connectivity index (χ2v) is 18.7.